The lowest BCUT2D eigenvalue weighted by molar-refractivity contribution is -0.148. The van der Waals surface area contributed by atoms with Crippen molar-refractivity contribution in [1.82, 2.24) is 9.80 Å². The predicted molar refractivity (Wildman–Crippen MR) is 121 cm³/mol. The molecule has 2 aliphatic rings. The maximum atomic E-state index is 13.8. The van der Waals surface area contributed by atoms with Gasteiger partial charge < -0.3 is 14.5 Å². The molecule has 31 heavy (non-hydrogen) atoms. The Morgan fingerprint density at radius 3 is 2.52 bits per heavy atom. The van der Waals surface area contributed by atoms with Crippen molar-refractivity contribution in [2.45, 2.75) is 51.6 Å². The summed E-state index contributed by atoms with van der Waals surface area (Å²) in [5, 5.41) is 0. The van der Waals surface area contributed by atoms with Gasteiger partial charge in [-0.15, -0.1) is 0 Å². The molecule has 2 aliphatic heterocycles. The second-order valence-corrected chi connectivity index (χ2v) is 8.58. The summed E-state index contributed by atoms with van der Waals surface area (Å²) in [6.45, 7) is 4.22. The van der Waals surface area contributed by atoms with Gasteiger partial charge in [-0.1, -0.05) is 49.7 Å². The zero-order valence-electron chi connectivity index (χ0n) is 18.5. The third kappa shape index (κ3) is 4.46. The van der Waals surface area contributed by atoms with E-state index >= 15 is 0 Å². The molecule has 2 heterocycles. The number of hydrogen-bond acceptors (Lipinski definition) is 3. The number of piperidine rings is 1. The summed E-state index contributed by atoms with van der Waals surface area (Å²) >= 11 is 0. The Balaban J connectivity index is 1.63. The average Bonchev–Trinajstić information content (AvgIpc) is 2.82. The second-order valence-electron chi connectivity index (χ2n) is 8.58. The Labute approximate surface area is 185 Å². The van der Waals surface area contributed by atoms with E-state index in [1.54, 1.807) is 7.11 Å². The van der Waals surface area contributed by atoms with Gasteiger partial charge in [-0.2, -0.15) is 0 Å². The maximum absolute atomic E-state index is 13.8. The van der Waals surface area contributed by atoms with Crippen LogP contribution >= 0.6 is 0 Å². The van der Waals surface area contributed by atoms with Crippen molar-refractivity contribution in [3.8, 4) is 5.75 Å². The van der Waals surface area contributed by atoms with Crippen LogP contribution < -0.4 is 4.74 Å². The van der Waals surface area contributed by atoms with Gasteiger partial charge in [0.2, 0.25) is 11.8 Å². The smallest absolute Gasteiger partial charge is 0.228 e. The number of likely N-dealkylation sites (tertiary alicyclic amines) is 1. The van der Waals surface area contributed by atoms with Crippen LogP contribution in [0.4, 0.5) is 0 Å². The van der Waals surface area contributed by atoms with Gasteiger partial charge in [-0.05, 0) is 48.1 Å². The van der Waals surface area contributed by atoms with Crippen LogP contribution in [0, 0.1) is 5.92 Å². The molecule has 2 atom stereocenters. The first kappa shape index (κ1) is 21.4. The lowest BCUT2D eigenvalue weighted by Gasteiger charge is -2.43. The summed E-state index contributed by atoms with van der Waals surface area (Å²) in [6.07, 6.45) is 3.89. The van der Waals surface area contributed by atoms with Gasteiger partial charge in [-0.3, -0.25) is 9.59 Å². The van der Waals surface area contributed by atoms with E-state index < -0.39 is 0 Å². The van der Waals surface area contributed by atoms with Crippen molar-refractivity contribution in [3.05, 3.63) is 65.2 Å². The van der Waals surface area contributed by atoms with E-state index in [2.05, 4.69) is 25.1 Å². The van der Waals surface area contributed by atoms with Crippen LogP contribution in [0.2, 0.25) is 0 Å². The third-order valence-corrected chi connectivity index (χ3v) is 6.68. The Bertz CT molecular complexity index is 925. The Morgan fingerprint density at radius 1 is 1.06 bits per heavy atom. The van der Waals surface area contributed by atoms with Gasteiger partial charge >= 0.3 is 0 Å². The first-order valence-corrected chi connectivity index (χ1v) is 11.4. The number of benzene rings is 2. The van der Waals surface area contributed by atoms with Crippen molar-refractivity contribution >= 4 is 11.8 Å². The topological polar surface area (TPSA) is 49.9 Å². The number of methoxy groups -OCH3 is 1. The molecule has 2 aromatic carbocycles. The molecule has 0 spiro atoms. The SMILES string of the molecule is CCCCN1C(=O)CC[C@@H](C(=O)N2CCc3ccccc3C2)[C@@H]1c1ccc(OC)cc1. The summed E-state index contributed by atoms with van der Waals surface area (Å²) in [4.78, 5) is 30.6. The van der Waals surface area contributed by atoms with E-state index in [-0.39, 0.29) is 23.8 Å². The van der Waals surface area contributed by atoms with E-state index in [0.717, 1.165) is 37.1 Å². The van der Waals surface area contributed by atoms with E-state index in [4.69, 9.17) is 4.74 Å². The Hall–Kier alpha value is -2.82. The summed E-state index contributed by atoms with van der Waals surface area (Å²) in [6, 6.07) is 16.0. The van der Waals surface area contributed by atoms with Crippen molar-refractivity contribution in [2.24, 2.45) is 5.92 Å². The number of rotatable bonds is 6. The number of amides is 2. The summed E-state index contributed by atoms with van der Waals surface area (Å²) < 4.78 is 5.32. The fourth-order valence-corrected chi connectivity index (χ4v) is 4.94. The number of carbonyl (C=O) groups is 2. The summed E-state index contributed by atoms with van der Waals surface area (Å²) in [5.41, 5.74) is 3.58. The first-order valence-electron chi connectivity index (χ1n) is 11.4. The molecule has 2 aromatic rings. The van der Waals surface area contributed by atoms with Crippen molar-refractivity contribution < 1.29 is 14.3 Å². The predicted octanol–water partition coefficient (Wildman–Crippen LogP) is 4.36. The molecule has 1 saturated heterocycles. The highest BCUT2D eigenvalue weighted by molar-refractivity contribution is 5.85. The first-order chi connectivity index (χ1) is 15.1. The van der Waals surface area contributed by atoms with Gasteiger partial charge in [0, 0.05) is 26.1 Å². The quantitative estimate of drug-likeness (QED) is 0.698. The molecule has 5 heteroatoms. The van der Waals surface area contributed by atoms with Crippen molar-refractivity contribution in [1.29, 1.82) is 0 Å². The van der Waals surface area contributed by atoms with Gasteiger partial charge in [-0.25, -0.2) is 0 Å². The molecular weight excluding hydrogens is 388 g/mol. The van der Waals surface area contributed by atoms with Gasteiger partial charge in [0.25, 0.3) is 0 Å². The van der Waals surface area contributed by atoms with Crippen LogP contribution in [0.15, 0.2) is 48.5 Å². The largest absolute Gasteiger partial charge is 0.497 e. The zero-order chi connectivity index (χ0) is 21.8. The molecule has 0 saturated carbocycles. The highest BCUT2D eigenvalue weighted by Crippen LogP contribution is 2.39. The molecule has 5 nitrogen and oxygen atoms in total. The molecule has 0 aliphatic carbocycles. The van der Waals surface area contributed by atoms with Crippen LogP contribution in [-0.4, -0.2) is 41.8 Å². The molecule has 164 valence electrons. The fourth-order valence-electron chi connectivity index (χ4n) is 4.94. The lowest BCUT2D eigenvalue weighted by atomic mass is 9.82. The Morgan fingerprint density at radius 2 is 1.81 bits per heavy atom. The monoisotopic (exact) mass is 420 g/mol. The molecule has 0 aromatic heterocycles. The molecule has 2 amide bonds. The van der Waals surface area contributed by atoms with Gasteiger partial charge in [0.1, 0.15) is 5.75 Å². The standard InChI is InChI=1S/C26H32N2O3/c1-3-4-16-28-24(29)14-13-23(25(28)20-9-11-22(31-2)12-10-20)26(30)27-17-15-19-7-5-6-8-21(19)18-27/h5-12,23,25H,3-4,13-18H2,1-2H3/t23-,25+/m1/s1. The van der Waals surface area contributed by atoms with Gasteiger partial charge in [0.05, 0.1) is 19.1 Å². The molecule has 0 bridgehead atoms. The zero-order valence-corrected chi connectivity index (χ0v) is 18.5. The average molecular weight is 421 g/mol. The number of ether oxygens (including phenoxy) is 1. The molecule has 0 N–H and O–H groups in total. The number of unbranched alkanes of at least 4 members (excludes halogenated alkanes) is 1. The van der Waals surface area contributed by atoms with E-state index in [1.807, 2.05) is 40.1 Å². The van der Waals surface area contributed by atoms with Crippen LogP contribution in [0.25, 0.3) is 0 Å². The van der Waals surface area contributed by atoms with Gasteiger partial charge in [0.15, 0.2) is 0 Å². The van der Waals surface area contributed by atoms with Crippen LogP contribution in [-0.2, 0) is 22.6 Å². The second kappa shape index (κ2) is 9.54. The number of carbonyl (C=O) groups excluding carboxylic acids is 2. The van der Waals surface area contributed by atoms with Crippen LogP contribution in [0.5, 0.6) is 5.75 Å². The minimum Gasteiger partial charge on any atom is -0.497 e. The maximum Gasteiger partial charge on any atom is 0.228 e. The molecular formula is C26H32N2O3. The highest BCUT2D eigenvalue weighted by Gasteiger charge is 2.42. The Kier molecular flexibility index (Phi) is 6.59. The third-order valence-electron chi connectivity index (χ3n) is 6.68. The lowest BCUT2D eigenvalue weighted by Crippen LogP contribution is -2.50. The molecule has 1 fully saturated rings. The summed E-state index contributed by atoms with van der Waals surface area (Å²) in [5.74, 6) is 0.890. The van der Waals surface area contributed by atoms with Crippen LogP contribution in [0.3, 0.4) is 0 Å². The van der Waals surface area contributed by atoms with E-state index in [1.165, 1.54) is 11.1 Å². The number of nitrogens with zero attached hydrogens (tertiary/aromatic N) is 2. The van der Waals surface area contributed by atoms with Crippen molar-refractivity contribution in [3.63, 3.8) is 0 Å². The van der Waals surface area contributed by atoms with E-state index in [9.17, 15) is 9.59 Å². The summed E-state index contributed by atoms with van der Waals surface area (Å²) in [7, 11) is 1.65. The molecule has 0 unspecified atom stereocenters. The molecule has 4 rings (SSSR count). The normalized spacial score (nSPS) is 21.0. The number of fused-ring (bicyclic) bond motifs is 1. The fraction of sp³-hybridized carbons (Fsp3) is 0.462. The minimum atomic E-state index is -0.219. The minimum absolute atomic E-state index is 0.155. The number of hydrogen-bond donors (Lipinski definition) is 0. The van der Waals surface area contributed by atoms with Crippen LogP contribution in [0.1, 0.15) is 55.3 Å². The van der Waals surface area contributed by atoms with Crippen molar-refractivity contribution in [2.75, 3.05) is 20.2 Å². The highest BCUT2D eigenvalue weighted by atomic mass is 16.5. The molecule has 0 radical (unpaired) electrons. The van der Waals surface area contributed by atoms with E-state index in [0.29, 0.717) is 25.9 Å².